The first-order valence-electron chi connectivity index (χ1n) is 7.20. The number of benzene rings is 1. The third kappa shape index (κ3) is 4.43. The van der Waals surface area contributed by atoms with Gasteiger partial charge in [0, 0.05) is 11.2 Å². The standard InChI is InChI=1S/C16H23FN2O2/c1-15(2,3)21-14(20)19-12-5-6-13(17)11(9-12)10-16(18-4)7-8-16/h5-6,9,18H,7-8,10H2,1-4H3,(H,19,20). The quantitative estimate of drug-likeness (QED) is 0.894. The monoisotopic (exact) mass is 294 g/mol. The molecule has 0 heterocycles. The zero-order valence-electron chi connectivity index (χ0n) is 13.0. The first-order chi connectivity index (χ1) is 9.73. The van der Waals surface area contributed by atoms with Gasteiger partial charge in [-0.2, -0.15) is 0 Å². The van der Waals surface area contributed by atoms with Gasteiger partial charge in [0.05, 0.1) is 0 Å². The Bertz CT molecular complexity index is 534. The van der Waals surface area contributed by atoms with Crippen LogP contribution < -0.4 is 10.6 Å². The van der Waals surface area contributed by atoms with E-state index in [4.69, 9.17) is 4.74 Å². The van der Waals surface area contributed by atoms with Crippen molar-refractivity contribution < 1.29 is 13.9 Å². The largest absolute Gasteiger partial charge is 0.444 e. The van der Waals surface area contributed by atoms with Gasteiger partial charge in [-0.05, 0) is 70.8 Å². The van der Waals surface area contributed by atoms with Crippen molar-refractivity contribution in [1.82, 2.24) is 5.32 Å². The van der Waals surface area contributed by atoms with E-state index in [0.717, 1.165) is 12.8 Å². The highest BCUT2D eigenvalue weighted by atomic mass is 19.1. The molecule has 0 spiro atoms. The van der Waals surface area contributed by atoms with Crippen LogP contribution in [0, 0.1) is 5.82 Å². The third-order valence-electron chi connectivity index (χ3n) is 3.60. The number of amides is 1. The second-order valence-electron chi connectivity index (χ2n) is 6.64. The molecule has 1 fully saturated rings. The molecule has 0 unspecified atom stereocenters. The van der Waals surface area contributed by atoms with Crippen molar-refractivity contribution in [1.29, 1.82) is 0 Å². The molecule has 0 bridgehead atoms. The molecule has 0 aliphatic heterocycles. The maximum absolute atomic E-state index is 13.9. The lowest BCUT2D eigenvalue weighted by Crippen LogP contribution is -2.30. The molecule has 0 saturated heterocycles. The van der Waals surface area contributed by atoms with Crippen LogP contribution in [0.15, 0.2) is 18.2 Å². The first-order valence-corrected chi connectivity index (χ1v) is 7.20. The van der Waals surface area contributed by atoms with Gasteiger partial charge in [-0.15, -0.1) is 0 Å². The number of rotatable bonds is 4. The molecule has 4 nitrogen and oxygen atoms in total. The number of nitrogens with one attached hydrogen (secondary N) is 2. The highest BCUT2D eigenvalue weighted by Gasteiger charge is 2.41. The molecular formula is C16H23FN2O2. The molecule has 0 atom stereocenters. The van der Waals surface area contributed by atoms with E-state index in [1.807, 2.05) is 7.05 Å². The summed E-state index contributed by atoms with van der Waals surface area (Å²) < 4.78 is 19.1. The van der Waals surface area contributed by atoms with Gasteiger partial charge in [0.25, 0.3) is 0 Å². The van der Waals surface area contributed by atoms with E-state index < -0.39 is 11.7 Å². The van der Waals surface area contributed by atoms with Crippen molar-refractivity contribution in [2.75, 3.05) is 12.4 Å². The molecule has 0 aromatic heterocycles. The van der Waals surface area contributed by atoms with Crippen LogP contribution in [0.5, 0.6) is 0 Å². The molecule has 2 rings (SSSR count). The second-order valence-corrected chi connectivity index (χ2v) is 6.64. The van der Waals surface area contributed by atoms with Crippen molar-refractivity contribution in [3.05, 3.63) is 29.6 Å². The fourth-order valence-corrected chi connectivity index (χ4v) is 2.24. The summed E-state index contributed by atoms with van der Waals surface area (Å²) in [6, 6.07) is 4.60. The van der Waals surface area contributed by atoms with Gasteiger partial charge >= 0.3 is 6.09 Å². The third-order valence-corrected chi connectivity index (χ3v) is 3.60. The highest BCUT2D eigenvalue weighted by molar-refractivity contribution is 5.84. The molecule has 1 aliphatic rings. The van der Waals surface area contributed by atoms with Gasteiger partial charge in [0.1, 0.15) is 11.4 Å². The summed E-state index contributed by atoms with van der Waals surface area (Å²) in [5, 5.41) is 5.88. The van der Waals surface area contributed by atoms with Gasteiger partial charge in [-0.3, -0.25) is 5.32 Å². The molecule has 1 amide bonds. The Kier molecular flexibility index (Phi) is 4.23. The number of halogens is 1. The van der Waals surface area contributed by atoms with Crippen molar-refractivity contribution >= 4 is 11.8 Å². The van der Waals surface area contributed by atoms with E-state index in [2.05, 4.69) is 10.6 Å². The maximum atomic E-state index is 13.9. The minimum atomic E-state index is -0.558. The number of likely N-dealkylation sites (N-methyl/N-ethyl adjacent to an activating group) is 1. The fraction of sp³-hybridized carbons (Fsp3) is 0.562. The van der Waals surface area contributed by atoms with E-state index in [1.165, 1.54) is 6.07 Å². The molecular weight excluding hydrogens is 271 g/mol. The Hall–Kier alpha value is -1.62. The summed E-state index contributed by atoms with van der Waals surface area (Å²) in [4.78, 5) is 11.7. The lowest BCUT2D eigenvalue weighted by molar-refractivity contribution is 0.0636. The number of carbonyl (C=O) groups is 1. The Morgan fingerprint density at radius 1 is 1.38 bits per heavy atom. The normalized spacial score (nSPS) is 16.4. The minimum Gasteiger partial charge on any atom is -0.444 e. The summed E-state index contributed by atoms with van der Waals surface area (Å²) in [5.41, 5.74) is 0.616. The van der Waals surface area contributed by atoms with Crippen LogP contribution >= 0.6 is 0 Å². The van der Waals surface area contributed by atoms with Gasteiger partial charge in [-0.25, -0.2) is 9.18 Å². The van der Waals surface area contributed by atoms with E-state index in [9.17, 15) is 9.18 Å². The lowest BCUT2D eigenvalue weighted by Gasteiger charge is -2.20. The van der Waals surface area contributed by atoms with Crippen molar-refractivity contribution in [3.8, 4) is 0 Å². The van der Waals surface area contributed by atoms with Crippen LogP contribution in [0.25, 0.3) is 0 Å². The number of hydrogen-bond donors (Lipinski definition) is 2. The van der Waals surface area contributed by atoms with Gasteiger partial charge in [-0.1, -0.05) is 0 Å². The molecule has 1 aliphatic carbocycles. The topological polar surface area (TPSA) is 50.4 Å². The molecule has 5 heteroatoms. The number of anilines is 1. The Morgan fingerprint density at radius 2 is 2.05 bits per heavy atom. The summed E-state index contributed by atoms with van der Waals surface area (Å²) in [7, 11) is 1.90. The van der Waals surface area contributed by atoms with E-state index in [1.54, 1.807) is 32.9 Å². The van der Waals surface area contributed by atoms with Crippen LogP contribution in [0.3, 0.4) is 0 Å². The number of hydrogen-bond acceptors (Lipinski definition) is 3. The fourth-order valence-electron chi connectivity index (χ4n) is 2.24. The van der Waals surface area contributed by atoms with Crippen LogP contribution in [-0.2, 0) is 11.2 Å². The van der Waals surface area contributed by atoms with Crippen LogP contribution in [-0.4, -0.2) is 24.3 Å². The van der Waals surface area contributed by atoms with Gasteiger partial charge < -0.3 is 10.1 Å². The summed E-state index contributed by atoms with van der Waals surface area (Å²) >= 11 is 0. The zero-order chi connectivity index (χ0) is 15.7. The van der Waals surface area contributed by atoms with Crippen LogP contribution in [0.1, 0.15) is 39.2 Å². The van der Waals surface area contributed by atoms with Crippen molar-refractivity contribution in [2.45, 2.75) is 51.2 Å². The Morgan fingerprint density at radius 3 is 2.57 bits per heavy atom. The second kappa shape index (κ2) is 5.64. The average Bonchev–Trinajstić information content (AvgIpc) is 3.11. The maximum Gasteiger partial charge on any atom is 0.412 e. The summed E-state index contributed by atoms with van der Waals surface area (Å²) in [6.07, 6.45) is 2.19. The highest BCUT2D eigenvalue weighted by Crippen LogP contribution is 2.38. The van der Waals surface area contributed by atoms with Crippen molar-refractivity contribution in [2.24, 2.45) is 0 Å². The molecule has 2 N–H and O–H groups in total. The number of carbonyl (C=O) groups excluding carboxylic acids is 1. The summed E-state index contributed by atoms with van der Waals surface area (Å²) in [6.45, 7) is 5.39. The molecule has 1 aromatic carbocycles. The average molecular weight is 294 g/mol. The van der Waals surface area contributed by atoms with E-state index >= 15 is 0 Å². The minimum absolute atomic E-state index is 0.0192. The first kappa shape index (κ1) is 15.8. The number of ether oxygens (including phenoxy) is 1. The SMILES string of the molecule is CNC1(Cc2cc(NC(=O)OC(C)(C)C)ccc2F)CC1. The van der Waals surface area contributed by atoms with Gasteiger partial charge in [0.2, 0.25) is 0 Å². The Labute approximate surface area is 125 Å². The van der Waals surface area contributed by atoms with Crippen molar-refractivity contribution in [3.63, 3.8) is 0 Å². The molecule has 1 saturated carbocycles. The smallest absolute Gasteiger partial charge is 0.412 e. The molecule has 21 heavy (non-hydrogen) atoms. The lowest BCUT2D eigenvalue weighted by atomic mass is 10.0. The summed E-state index contributed by atoms with van der Waals surface area (Å²) in [5.74, 6) is -0.244. The molecule has 1 aromatic rings. The predicted molar refractivity (Wildman–Crippen MR) is 81.0 cm³/mol. The zero-order valence-corrected chi connectivity index (χ0v) is 13.0. The Balaban J connectivity index is 2.06. The van der Waals surface area contributed by atoms with Gasteiger partial charge in [0.15, 0.2) is 0 Å². The van der Waals surface area contributed by atoms with Crippen LogP contribution in [0.4, 0.5) is 14.9 Å². The molecule has 116 valence electrons. The predicted octanol–water partition coefficient (Wildman–Crippen LogP) is 3.47. The van der Waals surface area contributed by atoms with E-state index in [-0.39, 0.29) is 11.4 Å². The molecule has 0 radical (unpaired) electrons. The van der Waals surface area contributed by atoms with Crippen LogP contribution in [0.2, 0.25) is 0 Å². The van der Waals surface area contributed by atoms with E-state index in [0.29, 0.717) is 17.7 Å².